The second-order valence-electron chi connectivity index (χ2n) is 2.63. The average Bonchev–Trinajstić information content (AvgIpc) is 2.51. The minimum absolute atomic E-state index is 0.379. The standard InChI is InChI=1S/C9H11N3O/c1-3-9(13)10-6-4-8-5-7-12(2)11-8/h1,5,7H,4,6H2,2H3,(H,10,13). The van der Waals surface area contributed by atoms with Gasteiger partial charge >= 0.3 is 0 Å². The van der Waals surface area contributed by atoms with E-state index in [0.717, 1.165) is 5.69 Å². The van der Waals surface area contributed by atoms with E-state index < -0.39 is 0 Å². The molecule has 0 saturated heterocycles. The number of rotatable bonds is 3. The molecule has 4 heteroatoms. The first-order chi connectivity index (χ1) is 6.22. The summed E-state index contributed by atoms with van der Waals surface area (Å²) in [5.41, 5.74) is 0.944. The van der Waals surface area contributed by atoms with Crippen molar-refractivity contribution < 1.29 is 4.79 Å². The van der Waals surface area contributed by atoms with E-state index in [2.05, 4.69) is 10.4 Å². The first-order valence-corrected chi connectivity index (χ1v) is 3.95. The van der Waals surface area contributed by atoms with Gasteiger partial charge in [-0.3, -0.25) is 9.48 Å². The fraction of sp³-hybridized carbons (Fsp3) is 0.333. The van der Waals surface area contributed by atoms with Crippen LogP contribution in [0.15, 0.2) is 12.3 Å². The van der Waals surface area contributed by atoms with Gasteiger partial charge in [0.2, 0.25) is 0 Å². The zero-order chi connectivity index (χ0) is 9.68. The number of carbonyl (C=O) groups is 1. The molecule has 4 nitrogen and oxygen atoms in total. The molecule has 0 atom stereocenters. The van der Waals surface area contributed by atoms with Crippen molar-refractivity contribution >= 4 is 5.91 Å². The molecule has 1 rings (SSSR count). The summed E-state index contributed by atoms with van der Waals surface area (Å²) in [6.07, 6.45) is 7.44. The van der Waals surface area contributed by atoms with Gasteiger partial charge in [0.15, 0.2) is 0 Å². The quantitative estimate of drug-likeness (QED) is 0.645. The van der Waals surface area contributed by atoms with Crippen molar-refractivity contribution in [1.82, 2.24) is 15.1 Å². The summed E-state index contributed by atoms with van der Waals surface area (Å²) >= 11 is 0. The van der Waals surface area contributed by atoms with Gasteiger partial charge in [-0.2, -0.15) is 5.10 Å². The van der Waals surface area contributed by atoms with E-state index in [-0.39, 0.29) is 5.91 Å². The molecule has 13 heavy (non-hydrogen) atoms. The number of nitrogens with one attached hydrogen (secondary N) is 1. The van der Waals surface area contributed by atoms with Crippen LogP contribution in [0, 0.1) is 12.3 Å². The maximum Gasteiger partial charge on any atom is 0.295 e. The van der Waals surface area contributed by atoms with Gasteiger partial charge in [-0.1, -0.05) is 0 Å². The molecule has 68 valence electrons. The number of amides is 1. The summed E-state index contributed by atoms with van der Waals surface area (Å²) in [5, 5.41) is 6.71. The summed E-state index contributed by atoms with van der Waals surface area (Å²) in [5.74, 6) is 1.60. The highest BCUT2D eigenvalue weighted by molar-refractivity contribution is 5.92. The summed E-state index contributed by atoms with van der Waals surface area (Å²) in [6.45, 7) is 0.528. The Morgan fingerprint density at radius 2 is 2.62 bits per heavy atom. The molecule has 1 aromatic heterocycles. The van der Waals surface area contributed by atoms with Crippen LogP contribution in [0.4, 0.5) is 0 Å². The molecule has 0 bridgehead atoms. The van der Waals surface area contributed by atoms with Crippen molar-refractivity contribution in [2.75, 3.05) is 6.54 Å². The van der Waals surface area contributed by atoms with Gasteiger partial charge in [-0.05, 0) is 12.0 Å². The van der Waals surface area contributed by atoms with Gasteiger partial charge in [0.25, 0.3) is 5.91 Å². The minimum Gasteiger partial charge on any atom is -0.345 e. The van der Waals surface area contributed by atoms with E-state index in [4.69, 9.17) is 6.42 Å². The fourth-order valence-corrected chi connectivity index (χ4v) is 0.952. The molecule has 0 saturated carbocycles. The molecule has 1 N–H and O–H groups in total. The third-order valence-electron chi connectivity index (χ3n) is 1.57. The number of aromatic nitrogens is 2. The SMILES string of the molecule is C#CC(=O)NCCc1ccn(C)n1. The van der Waals surface area contributed by atoms with Crippen LogP contribution in [0.2, 0.25) is 0 Å². The second kappa shape index (κ2) is 4.31. The molecule has 0 aliphatic rings. The van der Waals surface area contributed by atoms with Crippen LogP contribution in [0.3, 0.4) is 0 Å². The lowest BCUT2D eigenvalue weighted by Crippen LogP contribution is -2.23. The molecule has 1 aromatic rings. The van der Waals surface area contributed by atoms with Gasteiger partial charge in [-0.25, -0.2) is 0 Å². The van der Waals surface area contributed by atoms with E-state index in [0.29, 0.717) is 13.0 Å². The predicted molar refractivity (Wildman–Crippen MR) is 48.8 cm³/mol. The maximum absolute atomic E-state index is 10.6. The van der Waals surface area contributed by atoms with Crippen LogP contribution in [0.5, 0.6) is 0 Å². The van der Waals surface area contributed by atoms with Crippen molar-refractivity contribution in [2.24, 2.45) is 7.05 Å². The number of terminal acetylenes is 1. The molecule has 0 fully saturated rings. The third kappa shape index (κ3) is 2.99. The summed E-state index contributed by atoms with van der Waals surface area (Å²) in [4.78, 5) is 10.6. The molecule has 0 aliphatic carbocycles. The lowest BCUT2D eigenvalue weighted by molar-refractivity contribution is -0.115. The van der Waals surface area contributed by atoms with E-state index in [9.17, 15) is 4.79 Å². The van der Waals surface area contributed by atoms with Gasteiger partial charge in [-0.15, -0.1) is 6.42 Å². The van der Waals surface area contributed by atoms with E-state index >= 15 is 0 Å². The maximum atomic E-state index is 10.6. The number of aryl methyl sites for hydroxylation is 1. The minimum atomic E-state index is -0.379. The van der Waals surface area contributed by atoms with Crippen molar-refractivity contribution in [3.63, 3.8) is 0 Å². The first-order valence-electron chi connectivity index (χ1n) is 3.95. The molecule has 0 spiro atoms. The van der Waals surface area contributed by atoms with Crippen LogP contribution in [-0.4, -0.2) is 22.2 Å². The Labute approximate surface area is 76.9 Å². The lowest BCUT2D eigenvalue weighted by Gasteiger charge is -1.97. The van der Waals surface area contributed by atoms with Gasteiger partial charge in [0.05, 0.1) is 5.69 Å². The summed E-state index contributed by atoms with van der Waals surface area (Å²) in [6, 6.07) is 1.90. The largest absolute Gasteiger partial charge is 0.345 e. The molecule has 0 aromatic carbocycles. The third-order valence-corrected chi connectivity index (χ3v) is 1.57. The second-order valence-corrected chi connectivity index (χ2v) is 2.63. The van der Waals surface area contributed by atoms with E-state index in [1.54, 1.807) is 4.68 Å². The predicted octanol–water partition coefficient (Wildman–Crippen LogP) is -0.288. The van der Waals surface area contributed by atoms with Crippen molar-refractivity contribution in [1.29, 1.82) is 0 Å². The highest BCUT2D eigenvalue weighted by Gasteiger charge is 1.97. The van der Waals surface area contributed by atoms with Crippen LogP contribution >= 0.6 is 0 Å². The van der Waals surface area contributed by atoms with Crippen molar-refractivity contribution in [2.45, 2.75) is 6.42 Å². The molecular formula is C9H11N3O. The van der Waals surface area contributed by atoms with E-state index in [1.165, 1.54) is 0 Å². The topological polar surface area (TPSA) is 46.9 Å². The molecule has 0 unspecified atom stereocenters. The van der Waals surface area contributed by atoms with Crippen molar-refractivity contribution in [3.8, 4) is 12.3 Å². The normalized spacial score (nSPS) is 9.23. The highest BCUT2D eigenvalue weighted by Crippen LogP contribution is 1.93. The number of hydrogen-bond acceptors (Lipinski definition) is 2. The molecular weight excluding hydrogens is 166 g/mol. The Balaban J connectivity index is 2.29. The number of hydrogen-bond donors (Lipinski definition) is 1. The Bertz CT molecular complexity index is 335. The fourth-order valence-electron chi connectivity index (χ4n) is 0.952. The zero-order valence-corrected chi connectivity index (χ0v) is 7.45. The van der Waals surface area contributed by atoms with Gasteiger partial charge < -0.3 is 5.32 Å². The zero-order valence-electron chi connectivity index (χ0n) is 7.45. The number of carbonyl (C=O) groups excluding carboxylic acids is 1. The molecule has 1 heterocycles. The Morgan fingerprint density at radius 3 is 3.15 bits per heavy atom. The smallest absolute Gasteiger partial charge is 0.295 e. The Hall–Kier alpha value is -1.76. The van der Waals surface area contributed by atoms with Gasteiger partial charge in [0.1, 0.15) is 0 Å². The summed E-state index contributed by atoms with van der Waals surface area (Å²) < 4.78 is 1.72. The monoisotopic (exact) mass is 177 g/mol. The number of nitrogens with zero attached hydrogens (tertiary/aromatic N) is 2. The average molecular weight is 177 g/mol. The van der Waals surface area contributed by atoms with E-state index in [1.807, 2.05) is 25.2 Å². The van der Waals surface area contributed by atoms with Crippen LogP contribution < -0.4 is 5.32 Å². The van der Waals surface area contributed by atoms with Crippen molar-refractivity contribution in [3.05, 3.63) is 18.0 Å². The molecule has 0 aliphatic heterocycles. The van der Waals surface area contributed by atoms with Crippen LogP contribution in [-0.2, 0) is 18.3 Å². The van der Waals surface area contributed by atoms with Crippen LogP contribution in [0.25, 0.3) is 0 Å². The first kappa shape index (κ1) is 9.33. The lowest BCUT2D eigenvalue weighted by atomic mass is 10.3. The highest BCUT2D eigenvalue weighted by atomic mass is 16.1. The Kier molecular flexibility index (Phi) is 3.09. The van der Waals surface area contributed by atoms with Gasteiger partial charge in [0, 0.05) is 26.2 Å². The molecule has 1 amide bonds. The molecule has 0 radical (unpaired) electrons. The van der Waals surface area contributed by atoms with Crippen LogP contribution in [0.1, 0.15) is 5.69 Å². The Morgan fingerprint density at radius 1 is 1.85 bits per heavy atom. The summed E-state index contributed by atoms with van der Waals surface area (Å²) in [7, 11) is 1.85.